The summed E-state index contributed by atoms with van der Waals surface area (Å²) in [6.07, 6.45) is 6.43. The van der Waals surface area contributed by atoms with Crippen molar-refractivity contribution in [3.05, 3.63) is 29.8 Å². The van der Waals surface area contributed by atoms with Crippen molar-refractivity contribution < 1.29 is 4.79 Å². The maximum absolute atomic E-state index is 12.2. The maximum atomic E-state index is 12.2. The molecule has 1 aliphatic rings. The van der Waals surface area contributed by atoms with Crippen LogP contribution in [0.3, 0.4) is 0 Å². The Hall–Kier alpha value is -1.31. The van der Waals surface area contributed by atoms with Gasteiger partial charge in [-0.05, 0) is 49.3 Å². The standard InChI is InChI=1S/C16H23NO/c1-2-12-6-8-14(9-7-12)16(18)11-13-4-3-5-15(17)10-13/h3-5,10,12,14H,2,6-9,11,17H2,1H3. The Morgan fingerprint density at radius 2 is 2.00 bits per heavy atom. The number of benzene rings is 1. The second-order valence-electron chi connectivity index (χ2n) is 5.51. The quantitative estimate of drug-likeness (QED) is 0.824. The zero-order chi connectivity index (χ0) is 13.0. The van der Waals surface area contributed by atoms with E-state index in [0.29, 0.717) is 12.2 Å². The van der Waals surface area contributed by atoms with Gasteiger partial charge in [0.1, 0.15) is 5.78 Å². The molecular weight excluding hydrogens is 222 g/mol. The average molecular weight is 245 g/mol. The van der Waals surface area contributed by atoms with Crippen molar-refractivity contribution in [2.24, 2.45) is 11.8 Å². The van der Waals surface area contributed by atoms with Crippen LogP contribution in [-0.4, -0.2) is 5.78 Å². The molecule has 0 aliphatic heterocycles. The minimum absolute atomic E-state index is 0.286. The lowest BCUT2D eigenvalue weighted by Crippen LogP contribution is -2.23. The molecule has 0 unspecified atom stereocenters. The fourth-order valence-corrected chi connectivity index (χ4v) is 2.94. The lowest BCUT2D eigenvalue weighted by Gasteiger charge is -2.26. The van der Waals surface area contributed by atoms with Gasteiger partial charge in [0.05, 0.1) is 0 Å². The second kappa shape index (κ2) is 6.03. The summed E-state index contributed by atoms with van der Waals surface area (Å²) < 4.78 is 0. The Balaban J connectivity index is 1.89. The number of ketones is 1. The van der Waals surface area contributed by atoms with Crippen molar-refractivity contribution in [2.75, 3.05) is 5.73 Å². The zero-order valence-electron chi connectivity index (χ0n) is 11.2. The van der Waals surface area contributed by atoms with E-state index in [9.17, 15) is 4.79 Å². The van der Waals surface area contributed by atoms with Crippen molar-refractivity contribution in [1.29, 1.82) is 0 Å². The first-order valence-electron chi connectivity index (χ1n) is 7.06. The summed E-state index contributed by atoms with van der Waals surface area (Å²) in [6.45, 7) is 2.25. The molecule has 0 atom stereocenters. The fraction of sp³-hybridized carbons (Fsp3) is 0.562. The van der Waals surface area contributed by atoms with Gasteiger partial charge in [-0.15, -0.1) is 0 Å². The predicted molar refractivity (Wildman–Crippen MR) is 75.3 cm³/mol. The van der Waals surface area contributed by atoms with E-state index < -0.39 is 0 Å². The van der Waals surface area contributed by atoms with E-state index in [-0.39, 0.29) is 5.92 Å². The van der Waals surface area contributed by atoms with Crippen LogP contribution < -0.4 is 5.73 Å². The first kappa shape index (κ1) is 13.1. The van der Waals surface area contributed by atoms with Gasteiger partial charge in [-0.3, -0.25) is 4.79 Å². The van der Waals surface area contributed by atoms with Crippen molar-refractivity contribution in [2.45, 2.75) is 45.4 Å². The summed E-state index contributed by atoms with van der Waals surface area (Å²) in [5.41, 5.74) is 7.54. The monoisotopic (exact) mass is 245 g/mol. The molecule has 0 bridgehead atoms. The molecule has 1 aromatic carbocycles. The Morgan fingerprint density at radius 3 is 2.61 bits per heavy atom. The van der Waals surface area contributed by atoms with E-state index in [1.807, 2.05) is 24.3 Å². The Bertz CT molecular complexity index is 405. The molecule has 1 fully saturated rings. The Kier molecular flexibility index (Phi) is 4.40. The third-order valence-corrected chi connectivity index (χ3v) is 4.21. The molecule has 2 N–H and O–H groups in total. The smallest absolute Gasteiger partial charge is 0.140 e. The van der Waals surface area contributed by atoms with Gasteiger partial charge < -0.3 is 5.73 Å². The van der Waals surface area contributed by atoms with Crippen molar-refractivity contribution in [3.8, 4) is 0 Å². The van der Waals surface area contributed by atoms with Gasteiger partial charge in [-0.25, -0.2) is 0 Å². The number of hydrogen-bond donors (Lipinski definition) is 1. The highest BCUT2D eigenvalue weighted by Gasteiger charge is 2.25. The van der Waals surface area contributed by atoms with Crippen LogP contribution in [0.4, 0.5) is 5.69 Å². The van der Waals surface area contributed by atoms with E-state index in [1.165, 1.54) is 19.3 Å². The first-order chi connectivity index (χ1) is 8.69. The summed E-state index contributed by atoms with van der Waals surface area (Å²) in [5.74, 6) is 1.53. The highest BCUT2D eigenvalue weighted by molar-refractivity contribution is 5.83. The molecule has 2 nitrogen and oxygen atoms in total. The summed E-state index contributed by atoms with van der Waals surface area (Å²) in [6, 6.07) is 7.69. The van der Waals surface area contributed by atoms with Crippen LogP contribution in [0.1, 0.15) is 44.6 Å². The SMILES string of the molecule is CCC1CCC(C(=O)Cc2cccc(N)c2)CC1. The minimum Gasteiger partial charge on any atom is -0.399 e. The molecule has 0 heterocycles. The molecule has 0 amide bonds. The van der Waals surface area contributed by atoms with Gasteiger partial charge in [0.2, 0.25) is 0 Å². The summed E-state index contributed by atoms with van der Waals surface area (Å²) in [5, 5.41) is 0. The molecule has 1 aliphatic carbocycles. The van der Waals surface area contributed by atoms with Gasteiger partial charge in [-0.2, -0.15) is 0 Å². The summed E-state index contributed by atoms with van der Waals surface area (Å²) in [7, 11) is 0. The van der Waals surface area contributed by atoms with Gasteiger partial charge in [0, 0.05) is 18.0 Å². The number of carbonyl (C=O) groups excluding carboxylic acids is 1. The van der Waals surface area contributed by atoms with Gasteiger partial charge in [0.15, 0.2) is 0 Å². The molecule has 2 heteroatoms. The molecule has 0 aromatic heterocycles. The number of carbonyl (C=O) groups is 1. The van der Waals surface area contributed by atoms with Crippen molar-refractivity contribution in [1.82, 2.24) is 0 Å². The molecule has 0 spiro atoms. The maximum Gasteiger partial charge on any atom is 0.140 e. The van der Waals surface area contributed by atoms with Crippen LogP contribution in [0.5, 0.6) is 0 Å². The molecule has 0 saturated heterocycles. The molecule has 0 radical (unpaired) electrons. The van der Waals surface area contributed by atoms with E-state index in [0.717, 1.165) is 30.0 Å². The van der Waals surface area contributed by atoms with E-state index in [2.05, 4.69) is 6.92 Å². The Labute approximate surface area is 110 Å². The lowest BCUT2D eigenvalue weighted by molar-refractivity contribution is -0.123. The average Bonchev–Trinajstić information content (AvgIpc) is 2.39. The lowest BCUT2D eigenvalue weighted by atomic mass is 9.78. The van der Waals surface area contributed by atoms with Crippen LogP contribution in [-0.2, 0) is 11.2 Å². The molecule has 1 saturated carbocycles. The number of nitrogens with two attached hydrogens (primary N) is 1. The predicted octanol–water partition coefficient (Wildman–Crippen LogP) is 3.60. The summed E-state index contributed by atoms with van der Waals surface area (Å²) in [4.78, 5) is 12.2. The van der Waals surface area contributed by atoms with Gasteiger partial charge in [0.25, 0.3) is 0 Å². The first-order valence-corrected chi connectivity index (χ1v) is 7.06. The minimum atomic E-state index is 0.286. The summed E-state index contributed by atoms with van der Waals surface area (Å²) >= 11 is 0. The van der Waals surface area contributed by atoms with Crippen LogP contribution in [0.2, 0.25) is 0 Å². The highest BCUT2D eigenvalue weighted by atomic mass is 16.1. The van der Waals surface area contributed by atoms with E-state index in [4.69, 9.17) is 5.73 Å². The van der Waals surface area contributed by atoms with E-state index in [1.54, 1.807) is 0 Å². The topological polar surface area (TPSA) is 43.1 Å². The molecule has 18 heavy (non-hydrogen) atoms. The van der Waals surface area contributed by atoms with E-state index >= 15 is 0 Å². The van der Waals surface area contributed by atoms with Crippen LogP contribution in [0.25, 0.3) is 0 Å². The fourth-order valence-electron chi connectivity index (χ4n) is 2.94. The highest BCUT2D eigenvalue weighted by Crippen LogP contribution is 2.31. The van der Waals surface area contributed by atoms with Crippen molar-refractivity contribution >= 4 is 11.5 Å². The van der Waals surface area contributed by atoms with Crippen LogP contribution in [0, 0.1) is 11.8 Å². The second-order valence-corrected chi connectivity index (χ2v) is 5.51. The number of hydrogen-bond acceptors (Lipinski definition) is 2. The number of Topliss-reactive ketones (excluding diaryl/α,β-unsaturated/α-hetero) is 1. The molecular formula is C16H23NO. The number of nitrogen functional groups attached to an aromatic ring is 1. The number of anilines is 1. The molecule has 98 valence electrons. The van der Waals surface area contributed by atoms with Crippen LogP contribution in [0.15, 0.2) is 24.3 Å². The van der Waals surface area contributed by atoms with Gasteiger partial charge >= 0.3 is 0 Å². The number of rotatable bonds is 4. The zero-order valence-corrected chi connectivity index (χ0v) is 11.2. The third kappa shape index (κ3) is 3.34. The van der Waals surface area contributed by atoms with Crippen molar-refractivity contribution in [3.63, 3.8) is 0 Å². The molecule has 1 aromatic rings. The molecule has 2 rings (SSSR count). The largest absolute Gasteiger partial charge is 0.399 e. The third-order valence-electron chi connectivity index (χ3n) is 4.21. The van der Waals surface area contributed by atoms with Crippen LogP contribution >= 0.6 is 0 Å². The van der Waals surface area contributed by atoms with Gasteiger partial charge in [-0.1, -0.05) is 25.5 Å². The normalized spacial score (nSPS) is 23.8. The Morgan fingerprint density at radius 1 is 1.28 bits per heavy atom.